The molecule has 0 bridgehead atoms. The van der Waals surface area contributed by atoms with Gasteiger partial charge in [-0.25, -0.2) is 4.98 Å². The SMILES string of the molecule is Cc1ccc(O)cc1-c1cc(-c2nc(C(F)(F)F)cs2)c2c(c1N)C(=O)NC2. The molecule has 2 heterocycles. The first-order valence-electron chi connectivity index (χ1n) is 8.23. The number of aryl methyl sites for hydroxylation is 1. The zero-order valence-corrected chi connectivity index (χ0v) is 15.3. The summed E-state index contributed by atoms with van der Waals surface area (Å²) in [5.41, 5.74) is 8.52. The van der Waals surface area contributed by atoms with Crippen LogP contribution in [0.15, 0.2) is 29.6 Å². The minimum absolute atomic E-state index is 0.0140. The number of aromatic hydroxyl groups is 1. The molecule has 0 fully saturated rings. The second kappa shape index (κ2) is 6.23. The highest BCUT2D eigenvalue weighted by atomic mass is 32.1. The molecule has 5 nitrogen and oxygen atoms in total. The maximum absolute atomic E-state index is 13.0. The van der Waals surface area contributed by atoms with Crippen molar-refractivity contribution < 1.29 is 23.1 Å². The van der Waals surface area contributed by atoms with Crippen LogP contribution in [-0.2, 0) is 12.7 Å². The predicted molar refractivity (Wildman–Crippen MR) is 100.0 cm³/mol. The number of nitrogens with one attached hydrogen (secondary N) is 1. The number of nitrogen functional groups attached to an aromatic ring is 1. The van der Waals surface area contributed by atoms with Crippen LogP contribution in [0, 0.1) is 6.92 Å². The van der Waals surface area contributed by atoms with Crippen LogP contribution in [0.2, 0.25) is 0 Å². The number of hydrogen-bond acceptors (Lipinski definition) is 5. The van der Waals surface area contributed by atoms with Crippen molar-refractivity contribution in [3.8, 4) is 27.4 Å². The minimum atomic E-state index is -4.55. The number of halogens is 3. The molecule has 1 aliphatic heterocycles. The van der Waals surface area contributed by atoms with E-state index in [-0.39, 0.29) is 34.5 Å². The van der Waals surface area contributed by atoms with Crippen LogP contribution in [0.1, 0.15) is 27.2 Å². The summed E-state index contributed by atoms with van der Waals surface area (Å²) in [4.78, 5) is 16.1. The molecule has 28 heavy (non-hydrogen) atoms. The Morgan fingerprint density at radius 3 is 2.64 bits per heavy atom. The van der Waals surface area contributed by atoms with E-state index in [0.717, 1.165) is 22.3 Å². The van der Waals surface area contributed by atoms with Gasteiger partial charge in [0.05, 0.1) is 11.3 Å². The van der Waals surface area contributed by atoms with Gasteiger partial charge in [0.25, 0.3) is 5.91 Å². The molecule has 0 spiro atoms. The van der Waals surface area contributed by atoms with Gasteiger partial charge in [-0.05, 0) is 41.8 Å². The summed E-state index contributed by atoms with van der Waals surface area (Å²) >= 11 is 0.853. The molecule has 0 aliphatic carbocycles. The van der Waals surface area contributed by atoms with Crippen molar-refractivity contribution in [2.24, 2.45) is 0 Å². The number of nitrogens with zero attached hydrogens (tertiary/aromatic N) is 1. The Balaban J connectivity index is 1.99. The lowest BCUT2D eigenvalue weighted by Gasteiger charge is -2.15. The minimum Gasteiger partial charge on any atom is -0.508 e. The fourth-order valence-electron chi connectivity index (χ4n) is 3.28. The molecule has 4 N–H and O–H groups in total. The van der Waals surface area contributed by atoms with Crippen molar-refractivity contribution >= 4 is 22.9 Å². The second-order valence-corrected chi connectivity index (χ2v) is 7.31. The monoisotopic (exact) mass is 405 g/mol. The third-order valence-electron chi connectivity index (χ3n) is 4.66. The first-order chi connectivity index (χ1) is 13.2. The molecule has 0 unspecified atom stereocenters. The highest BCUT2D eigenvalue weighted by Crippen LogP contribution is 2.43. The highest BCUT2D eigenvalue weighted by Gasteiger charge is 2.35. The number of benzene rings is 2. The molecule has 1 aromatic heterocycles. The third kappa shape index (κ3) is 2.88. The molecule has 1 aliphatic rings. The molecule has 0 atom stereocenters. The maximum Gasteiger partial charge on any atom is 0.434 e. The molecule has 0 saturated carbocycles. The standard InChI is InChI=1S/C19H14F3N3O2S/c1-8-2-3-9(26)4-10(8)11-5-12(13-6-24-17(27)15(13)16(11)23)18-25-14(7-28-18)19(20,21)22/h2-5,7,26H,6,23H2,1H3,(H,24,27). The average molecular weight is 405 g/mol. The van der Waals surface area contributed by atoms with Crippen molar-refractivity contribution in [3.63, 3.8) is 0 Å². The second-order valence-electron chi connectivity index (χ2n) is 6.46. The van der Waals surface area contributed by atoms with Crippen LogP contribution < -0.4 is 11.1 Å². The lowest BCUT2D eigenvalue weighted by Crippen LogP contribution is -2.13. The normalized spacial score (nSPS) is 13.5. The van der Waals surface area contributed by atoms with E-state index in [4.69, 9.17) is 5.73 Å². The molecule has 144 valence electrons. The van der Waals surface area contributed by atoms with Gasteiger partial charge < -0.3 is 16.2 Å². The zero-order chi connectivity index (χ0) is 20.2. The number of fused-ring (bicyclic) bond motifs is 1. The van der Waals surface area contributed by atoms with Crippen LogP contribution in [0.3, 0.4) is 0 Å². The van der Waals surface area contributed by atoms with Crippen molar-refractivity contribution in [1.29, 1.82) is 0 Å². The Labute approximate surface area is 161 Å². The van der Waals surface area contributed by atoms with E-state index >= 15 is 0 Å². The van der Waals surface area contributed by atoms with E-state index in [1.165, 1.54) is 12.1 Å². The van der Waals surface area contributed by atoms with Gasteiger partial charge >= 0.3 is 6.18 Å². The molecule has 1 amide bonds. The maximum atomic E-state index is 13.0. The average Bonchev–Trinajstić information content (AvgIpc) is 3.25. The summed E-state index contributed by atoms with van der Waals surface area (Å²) in [7, 11) is 0. The number of nitrogens with two attached hydrogens (primary N) is 1. The number of alkyl halides is 3. The van der Waals surface area contributed by atoms with E-state index < -0.39 is 11.9 Å². The molecule has 2 aromatic carbocycles. The third-order valence-corrected chi connectivity index (χ3v) is 5.54. The first-order valence-corrected chi connectivity index (χ1v) is 9.11. The predicted octanol–water partition coefficient (Wildman–Crippen LogP) is 4.34. The van der Waals surface area contributed by atoms with Crippen LogP contribution >= 0.6 is 11.3 Å². The number of carbonyl (C=O) groups excluding carboxylic acids is 1. The fraction of sp³-hybridized carbons (Fsp3) is 0.158. The number of rotatable bonds is 2. The summed E-state index contributed by atoms with van der Waals surface area (Å²) in [5, 5.41) is 13.6. The Kier molecular flexibility index (Phi) is 4.07. The topological polar surface area (TPSA) is 88.2 Å². The first kappa shape index (κ1) is 18.3. The van der Waals surface area contributed by atoms with Gasteiger partial charge in [-0.3, -0.25) is 4.79 Å². The molecule has 4 rings (SSSR count). The Morgan fingerprint density at radius 1 is 1.21 bits per heavy atom. The molecule has 0 saturated heterocycles. The van der Waals surface area contributed by atoms with E-state index in [9.17, 15) is 23.1 Å². The number of phenols is 1. The largest absolute Gasteiger partial charge is 0.508 e. The van der Waals surface area contributed by atoms with E-state index in [0.29, 0.717) is 22.3 Å². The Bertz CT molecular complexity index is 1120. The summed E-state index contributed by atoms with van der Waals surface area (Å²) in [6.45, 7) is 1.97. The zero-order valence-electron chi connectivity index (χ0n) is 14.5. The summed E-state index contributed by atoms with van der Waals surface area (Å²) in [5.74, 6) is -0.374. The van der Waals surface area contributed by atoms with Crippen molar-refractivity contribution in [3.05, 3.63) is 52.0 Å². The quantitative estimate of drug-likeness (QED) is 0.554. The van der Waals surface area contributed by atoms with E-state index in [1.807, 2.05) is 6.92 Å². The van der Waals surface area contributed by atoms with Crippen molar-refractivity contribution in [2.45, 2.75) is 19.6 Å². The van der Waals surface area contributed by atoms with Crippen molar-refractivity contribution in [2.75, 3.05) is 5.73 Å². The number of hydrogen-bond donors (Lipinski definition) is 3. The van der Waals surface area contributed by atoms with E-state index in [2.05, 4.69) is 10.3 Å². The smallest absolute Gasteiger partial charge is 0.434 e. The Morgan fingerprint density at radius 2 is 1.96 bits per heavy atom. The summed E-state index contributed by atoms with van der Waals surface area (Å²) in [6, 6.07) is 6.36. The van der Waals surface area contributed by atoms with Gasteiger partial charge in [-0.1, -0.05) is 6.07 Å². The van der Waals surface area contributed by atoms with Crippen LogP contribution in [-0.4, -0.2) is 16.0 Å². The summed E-state index contributed by atoms with van der Waals surface area (Å²) in [6.07, 6.45) is -4.55. The van der Waals surface area contributed by atoms with Crippen LogP contribution in [0.25, 0.3) is 21.7 Å². The van der Waals surface area contributed by atoms with Gasteiger partial charge in [0.2, 0.25) is 0 Å². The highest BCUT2D eigenvalue weighted by molar-refractivity contribution is 7.13. The van der Waals surface area contributed by atoms with Crippen LogP contribution in [0.4, 0.5) is 18.9 Å². The van der Waals surface area contributed by atoms with Gasteiger partial charge in [-0.2, -0.15) is 13.2 Å². The van der Waals surface area contributed by atoms with Gasteiger partial charge in [-0.15, -0.1) is 11.3 Å². The molecule has 3 aromatic rings. The molecule has 9 heteroatoms. The number of carbonyl (C=O) groups is 1. The van der Waals surface area contributed by atoms with E-state index in [1.54, 1.807) is 12.1 Å². The number of amides is 1. The fourth-order valence-corrected chi connectivity index (χ4v) is 4.15. The molecular weight excluding hydrogens is 391 g/mol. The van der Waals surface area contributed by atoms with Gasteiger partial charge in [0.15, 0.2) is 5.69 Å². The number of anilines is 1. The number of aromatic nitrogens is 1. The molecular formula is C19H14F3N3O2S. The van der Waals surface area contributed by atoms with Gasteiger partial charge in [0.1, 0.15) is 10.8 Å². The molecule has 0 radical (unpaired) electrons. The Hall–Kier alpha value is -3.07. The summed E-state index contributed by atoms with van der Waals surface area (Å²) < 4.78 is 39.0. The number of thiazole rings is 1. The van der Waals surface area contributed by atoms with Crippen LogP contribution in [0.5, 0.6) is 5.75 Å². The van der Waals surface area contributed by atoms with Crippen molar-refractivity contribution in [1.82, 2.24) is 10.3 Å². The lowest BCUT2D eigenvalue weighted by atomic mass is 9.91. The lowest BCUT2D eigenvalue weighted by molar-refractivity contribution is -0.140. The number of phenolic OH excluding ortho intramolecular Hbond substituents is 1. The van der Waals surface area contributed by atoms with Gasteiger partial charge in [0, 0.05) is 23.1 Å².